The van der Waals surface area contributed by atoms with Crippen molar-refractivity contribution in [1.82, 2.24) is 14.8 Å². The molecule has 0 aliphatic carbocycles. The summed E-state index contributed by atoms with van der Waals surface area (Å²) in [6.07, 6.45) is 1.78. The van der Waals surface area contributed by atoms with Crippen LogP contribution in [-0.2, 0) is 13.0 Å². The fourth-order valence-electron chi connectivity index (χ4n) is 3.90. The summed E-state index contributed by atoms with van der Waals surface area (Å²) in [7, 11) is 1.54. The summed E-state index contributed by atoms with van der Waals surface area (Å²) in [5.74, 6) is 0.168. The minimum absolute atomic E-state index is 0.227. The van der Waals surface area contributed by atoms with E-state index in [1.807, 2.05) is 67.1 Å². The zero-order valence-electron chi connectivity index (χ0n) is 18.9. The minimum atomic E-state index is -0.227. The Morgan fingerprint density at radius 3 is 2.64 bits per heavy atom. The Balaban J connectivity index is 1.50. The van der Waals surface area contributed by atoms with E-state index in [0.717, 1.165) is 41.8 Å². The van der Waals surface area contributed by atoms with Gasteiger partial charge >= 0.3 is 0 Å². The van der Waals surface area contributed by atoms with Gasteiger partial charge in [-0.1, -0.05) is 30.3 Å². The van der Waals surface area contributed by atoms with E-state index in [2.05, 4.69) is 21.5 Å². The number of amides is 1. The summed E-state index contributed by atoms with van der Waals surface area (Å²) in [6.45, 7) is 4.59. The van der Waals surface area contributed by atoms with Crippen LogP contribution in [-0.4, -0.2) is 27.8 Å². The van der Waals surface area contributed by atoms with Gasteiger partial charge in [-0.05, 0) is 50.5 Å². The third kappa shape index (κ3) is 4.70. The van der Waals surface area contributed by atoms with Crippen LogP contribution in [0.3, 0.4) is 0 Å². The van der Waals surface area contributed by atoms with Crippen LogP contribution >= 0.6 is 0 Å². The highest BCUT2D eigenvalue weighted by Gasteiger charge is 2.18. The Labute approximate surface area is 192 Å². The van der Waals surface area contributed by atoms with Crippen LogP contribution in [0.15, 0.2) is 54.6 Å². The van der Waals surface area contributed by atoms with E-state index in [1.165, 1.54) is 12.7 Å². The molecule has 0 saturated heterocycles. The molecule has 0 radical (unpaired) electrons. The SMILES string of the molecule is COc1cc(C(=O)Nc2c(C)nn(CCCc3ccc(C#N)cc3)c2C)c2ccccc2n1. The van der Waals surface area contributed by atoms with Crippen LogP contribution in [0.25, 0.3) is 10.9 Å². The number of ether oxygens (including phenoxy) is 1. The molecule has 4 rings (SSSR count). The van der Waals surface area contributed by atoms with Crippen LogP contribution in [0.4, 0.5) is 5.69 Å². The highest BCUT2D eigenvalue weighted by atomic mass is 16.5. The first-order valence-corrected chi connectivity index (χ1v) is 10.8. The van der Waals surface area contributed by atoms with Crippen LogP contribution in [0.2, 0.25) is 0 Å². The second-order valence-corrected chi connectivity index (χ2v) is 7.86. The topological polar surface area (TPSA) is 92.8 Å². The molecule has 1 amide bonds. The number of rotatable bonds is 7. The lowest BCUT2D eigenvalue weighted by Gasteiger charge is -2.10. The maximum atomic E-state index is 13.2. The van der Waals surface area contributed by atoms with Gasteiger partial charge in [-0.25, -0.2) is 4.98 Å². The number of aromatic nitrogens is 3. The van der Waals surface area contributed by atoms with Gasteiger partial charge in [-0.3, -0.25) is 9.48 Å². The molecule has 0 saturated carbocycles. The number of para-hydroxylation sites is 1. The monoisotopic (exact) mass is 439 g/mol. The van der Waals surface area contributed by atoms with E-state index in [1.54, 1.807) is 6.07 Å². The standard InChI is InChI=1S/C26H25N5O2/c1-17-25(18(2)31(30-17)14-6-7-19-10-12-20(16-27)13-11-19)29-26(32)22-15-24(33-3)28-23-9-5-4-8-21(22)23/h4-5,8-13,15H,6-7,14H2,1-3H3,(H,29,32). The summed E-state index contributed by atoms with van der Waals surface area (Å²) < 4.78 is 7.22. The molecular weight excluding hydrogens is 414 g/mol. The first-order valence-electron chi connectivity index (χ1n) is 10.8. The largest absolute Gasteiger partial charge is 0.481 e. The Morgan fingerprint density at radius 1 is 1.15 bits per heavy atom. The smallest absolute Gasteiger partial charge is 0.256 e. The van der Waals surface area contributed by atoms with Gasteiger partial charge in [0.05, 0.1) is 46.9 Å². The number of nitriles is 1. The average molecular weight is 440 g/mol. The van der Waals surface area contributed by atoms with E-state index in [0.29, 0.717) is 22.5 Å². The lowest BCUT2D eigenvalue weighted by Crippen LogP contribution is -2.14. The van der Waals surface area contributed by atoms with E-state index < -0.39 is 0 Å². The third-order valence-electron chi connectivity index (χ3n) is 5.68. The third-order valence-corrected chi connectivity index (χ3v) is 5.68. The van der Waals surface area contributed by atoms with Gasteiger partial charge in [0, 0.05) is 18.0 Å². The van der Waals surface area contributed by atoms with Crippen LogP contribution in [0.1, 0.15) is 39.3 Å². The van der Waals surface area contributed by atoms with Crippen molar-refractivity contribution in [3.05, 3.63) is 82.7 Å². The number of nitrogens with one attached hydrogen (secondary N) is 1. The molecule has 2 aromatic heterocycles. The van der Waals surface area contributed by atoms with Gasteiger partial charge in [0.1, 0.15) is 0 Å². The molecule has 33 heavy (non-hydrogen) atoms. The van der Waals surface area contributed by atoms with Gasteiger partial charge in [0.2, 0.25) is 5.88 Å². The van der Waals surface area contributed by atoms with Crippen LogP contribution in [0, 0.1) is 25.2 Å². The maximum Gasteiger partial charge on any atom is 0.256 e. The van der Waals surface area contributed by atoms with Gasteiger partial charge in [-0.15, -0.1) is 0 Å². The summed E-state index contributed by atoms with van der Waals surface area (Å²) in [5, 5.41) is 17.4. The molecule has 0 aliphatic heterocycles. The number of carbonyl (C=O) groups is 1. The molecule has 166 valence electrons. The summed E-state index contributed by atoms with van der Waals surface area (Å²) in [5.41, 5.74) is 5.45. The Kier molecular flexibility index (Phi) is 6.36. The summed E-state index contributed by atoms with van der Waals surface area (Å²) >= 11 is 0. The van der Waals surface area contributed by atoms with E-state index in [4.69, 9.17) is 10.00 Å². The lowest BCUT2D eigenvalue weighted by molar-refractivity contribution is 0.102. The number of aryl methyl sites for hydroxylation is 3. The lowest BCUT2D eigenvalue weighted by atomic mass is 10.1. The first kappa shape index (κ1) is 22.0. The van der Waals surface area contributed by atoms with Crippen LogP contribution < -0.4 is 10.1 Å². The van der Waals surface area contributed by atoms with Gasteiger partial charge in [0.25, 0.3) is 5.91 Å². The molecular formula is C26H25N5O2. The van der Waals surface area contributed by atoms with Crippen LogP contribution in [0.5, 0.6) is 5.88 Å². The molecule has 0 aliphatic rings. The van der Waals surface area contributed by atoms with E-state index >= 15 is 0 Å². The van der Waals surface area contributed by atoms with Crippen molar-refractivity contribution in [3.8, 4) is 11.9 Å². The molecule has 7 heteroatoms. The quantitative estimate of drug-likeness (QED) is 0.446. The number of fused-ring (bicyclic) bond motifs is 1. The zero-order chi connectivity index (χ0) is 23.4. The number of benzene rings is 2. The first-order chi connectivity index (χ1) is 16.0. The number of anilines is 1. The molecule has 2 aromatic carbocycles. The number of hydrogen-bond donors (Lipinski definition) is 1. The molecule has 1 N–H and O–H groups in total. The van der Waals surface area contributed by atoms with Crippen molar-refractivity contribution >= 4 is 22.5 Å². The van der Waals surface area contributed by atoms with E-state index in [-0.39, 0.29) is 5.91 Å². The number of carbonyl (C=O) groups excluding carboxylic acids is 1. The Bertz CT molecular complexity index is 1350. The normalized spacial score (nSPS) is 10.7. The molecule has 0 spiro atoms. The van der Waals surface area contributed by atoms with Crippen molar-refractivity contribution in [2.75, 3.05) is 12.4 Å². The van der Waals surface area contributed by atoms with Crippen molar-refractivity contribution in [2.45, 2.75) is 33.2 Å². The predicted octanol–water partition coefficient (Wildman–Crippen LogP) is 4.81. The molecule has 0 unspecified atom stereocenters. The average Bonchev–Trinajstić information content (AvgIpc) is 3.11. The Hall–Kier alpha value is -4.18. The van der Waals surface area contributed by atoms with Crippen molar-refractivity contribution in [1.29, 1.82) is 5.26 Å². The molecule has 7 nitrogen and oxygen atoms in total. The predicted molar refractivity (Wildman–Crippen MR) is 127 cm³/mol. The zero-order valence-corrected chi connectivity index (χ0v) is 18.9. The van der Waals surface area contributed by atoms with Crippen molar-refractivity contribution in [2.24, 2.45) is 0 Å². The fraction of sp³-hybridized carbons (Fsp3) is 0.231. The highest BCUT2D eigenvalue weighted by Crippen LogP contribution is 2.25. The van der Waals surface area contributed by atoms with E-state index in [9.17, 15) is 4.79 Å². The number of methoxy groups -OCH3 is 1. The molecule has 0 bridgehead atoms. The fourth-order valence-corrected chi connectivity index (χ4v) is 3.90. The Morgan fingerprint density at radius 2 is 1.91 bits per heavy atom. The molecule has 0 fully saturated rings. The molecule has 2 heterocycles. The van der Waals surface area contributed by atoms with Gasteiger partial charge in [0.15, 0.2) is 0 Å². The molecule has 0 atom stereocenters. The highest BCUT2D eigenvalue weighted by molar-refractivity contribution is 6.13. The second kappa shape index (κ2) is 9.53. The van der Waals surface area contributed by atoms with Gasteiger partial charge < -0.3 is 10.1 Å². The summed E-state index contributed by atoms with van der Waals surface area (Å²) in [6, 6.07) is 18.9. The number of hydrogen-bond acceptors (Lipinski definition) is 5. The summed E-state index contributed by atoms with van der Waals surface area (Å²) in [4.78, 5) is 17.6. The van der Waals surface area contributed by atoms with Crippen molar-refractivity contribution in [3.63, 3.8) is 0 Å². The minimum Gasteiger partial charge on any atom is -0.481 e. The molecule has 4 aromatic rings. The number of nitrogens with zero attached hydrogens (tertiary/aromatic N) is 4. The number of pyridine rings is 1. The second-order valence-electron chi connectivity index (χ2n) is 7.86. The maximum absolute atomic E-state index is 13.2. The van der Waals surface area contributed by atoms with Gasteiger partial charge in [-0.2, -0.15) is 10.4 Å². The van der Waals surface area contributed by atoms with Crippen molar-refractivity contribution < 1.29 is 9.53 Å².